The third-order valence-electron chi connectivity index (χ3n) is 4.47. The SMILES string of the molecule is CC(C)[C@H](OC(=O)c1ccc([N+](=O)[O-])cc1)[C@@H](c1ccccc1)C(C)C. The van der Waals surface area contributed by atoms with Gasteiger partial charge < -0.3 is 4.74 Å². The fourth-order valence-electron chi connectivity index (χ4n) is 3.16. The molecule has 2 aromatic rings. The van der Waals surface area contributed by atoms with Crippen molar-refractivity contribution >= 4 is 11.7 Å². The molecule has 0 N–H and O–H groups in total. The lowest BCUT2D eigenvalue weighted by molar-refractivity contribution is -0.384. The first-order chi connectivity index (χ1) is 12.3. The van der Waals surface area contributed by atoms with E-state index in [9.17, 15) is 14.9 Å². The van der Waals surface area contributed by atoms with Crippen LogP contribution in [0.5, 0.6) is 0 Å². The number of rotatable bonds is 7. The Balaban J connectivity index is 2.26. The molecule has 0 aliphatic carbocycles. The highest BCUT2D eigenvalue weighted by Gasteiger charge is 2.32. The van der Waals surface area contributed by atoms with E-state index >= 15 is 0 Å². The third-order valence-corrected chi connectivity index (χ3v) is 4.47. The molecule has 138 valence electrons. The number of nitrogens with zero attached hydrogens (tertiary/aromatic N) is 1. The van der Waals surface area contributed by atoms with E-state index < -0.39 is 10.9 Å². The second kappa shape index (κ2) is 8.61. The number of benzene rings is 2. The summed E-state index contributed by atoms with van der Waals surface area (Å²) in [7, 11) is 0. The number of esters is 1. The molecule has 0 fully saturated rings. The summed E-state index contributed by atoms with van der Waals surface area (Å²) in [6.07, 6.45) is -0.292. The van der Waals surface area contributed by atoms with Crippen LogP contribution in [0.3, 0.4) is 0 Å². The lowest BCUT2D eigenvalue weighted by Gasteiger charge is -2.33. The van der Waals surface area contributed by atoms with E-state index in [0.717, 1.165) is 5.56 Å². The number of nitro benzene ring substituents is 1. The van der Waals surface area contributed by atoms with Crippen LogP contribution in [0.2, 0.25) is 0 Å². The second-order valence-corrected chi connectivity index (χ2v) is 7.10. The Hall–Kier alpha value is -2.69. The minimum absolute atomic E-state index is 0.0497. The topological polar surface area (TPSA) is 69.4 Å². The molecule has 0 unspecified atom stereocenters. The van der Waals surface area contributed by atoms with Gasteiger partial charge in [0.15, 0.2) is 0 Å². The third kappa shape index (κ3) is 4.69. The highest BCUT2D eigenvalue weighted by molar-refractivity contribution is 5.89. The average Bonchev–Trinajstić information content (AvgIpc) is 2.61. The highest BCUT2D eigenvalue weighted by atomic mass is 16.6. The molecule has 0 aliphatic rings. The van der Waals surface area contributed by atoms with Crippen molar-refractivity contribution in [3.63, 3.8) is 0 Å². The van der Waals surface area contributed by atoms with Crippen LogP contribution < -0.4 is 0 Å². The van der Waals surface area contributed by atoms with Gasteiger partial charge in [0, 0.05) is 18.1 Å². The summed E-state index contributed by atoms with van der Waals surface area (Å²) in [5.41, 5.74) is 1.40. The van der Waals surface area contributed by atoms with Gasteiger partial charge in [-0.05, 0) is 29.5 Å². The summed E-state index contributed by atoms with van der Waals surface area (Å²) in [4.78, 5) is 22.9. The van der Waals surface area contributed by atoms with E-state index in [0.29, 0.717) is 5.56 Å². The highest BCUT2D eigenvalue weighted by Crippen LogP contribution is 2.34. The van der Waals surface area contributed by atoms with Crippen LogP contribution >= 0.6 is 0 Å². The first kappa shape index (κ1) is 19.6. The fourth-order valence-corrected chi connectivity index (χ4v) is 3.16. The molecule has 0 amide bonds. The molecule has 0 saturated heterocycles. The predicted molar refractivity (Wildman–Crippen MR) is 101 cm³/mol. The lowest BCUT2D eigenvalue weighted by atomic mass is 9.79. The van der Waals surface area contributed by atoms with Crippen LogP contribution in [0.15, 0.2) is 54.6 Å². The number of non-ortho nitro benzene ring substituents is 1. The van der Waals surface area contributed by atoms with Crippen LogP contribution in [-0.4, -0.2) is 17.0 Å². The number of carbonyl (C=O) groups is 1. The van der Waals surface area contributed by atoms with Crippen molar-refractivity contribution < 1.29 is 14.5 Å². The summed E-state index contributed by atoms with van der Waals surface area (Å²) in [6, 6.07) is 15.6. The number of nitro groups is 1. The number of carbonyl (C=O) groups excluding carboxylic acids is 1. The number of hydrogen-bond acceptors (Lipinski definition) is 4. The van der Waals surface area contributed by atoms with Gasteiger partial charge in [-0.15, -0.1) is 0 Å². The summed E-state index contributed by atoms with van der Waals surface area (Å²) >= 11 is 0. The molecular weight excluding hydrogens is 330 g/mol. The molecule has 5 heteroatoms. The average molecular weight is 355 g/mol. The van der Waals surface area contributed by atoms with Crippen molar-refractivity contribution in [2.45, 2.75) is 39.7 Å². The van der Waals surface area contributed by atoms with Crippen molar-refractivity contribution in [3.8, 4) is 0 Å². The Morgan fingerprint density at radius 1 is 0.923 bits per heavy atom. The summed E-state index contributed by atoms with van der Waals surface area (Å²) in [5, 5.41) is 10.8. The van der Waals surface area contributed by atoms with Crippen LogP contribution in [-0.2, 0) is 4.74 Å². The maximum absolute atomic E-state index is 12.6. The van der Waals surface area contributed by atoms with Crippen LogP contribution in [0.4, 0.5) is 5.69 Å². The van der Waals surface area contributed by atoms with E-state index in [1.54, 1.807) is 0 Å². The smallest absolute Gasteiger partial charge is 0.338 e. The van der Waals surface area contributed by atoms with Crippen molar-refractivity contribution in [1.29, 1.82) is 0 Å². The molecule has 0 aromatic heterocycles. The van der Waals surface area contributed by atoms with Gasteiger partial charge in [0.2, 0.25) is 0 Å². The second-order valence-electron chi connectivity index (χ2n) is 7.10. The zero-order valence-corrected chi connectivity index (χ0v) is 15.6. The van der Waals surface area contributed by atoms with Gasteiger partial charge >= 0.3 is 5.97 Å². The van der Waals surface area contributed by atoms with Gasteiger partial charge in [0.05, 0.1) is 10.5 Å². The minimum Gasteiger partial charge on any atom is -0.458 e. The molecule has 0 bridgehead atoms. The Kier molecular flexibility index (Phi) is 6.50. The first-order valence-electron chi connectivity index (χ1n) is 8.81. The molecule has 26 heavy (non-hydrogen) atoms. The maximum atomic E-state index is 12.6. The van der Waals surface area contributed by atoms with E-state index in [-0.39, 0.29) is 29.5 Å². The summed E-state index contributed by atoms with van der Waals surface area (Å²) in [5.74, 6) is 0.0254. The van der Waals surface area contributed by atoms with Gasteiger partial charge in [0.25, 0.3) is 5.69 Å². The lowest BCUT2D eigenvalue weighted by Crippen LogP contribution is -2.33. The Bertz CT molecular complexity index is 738. The van der Waals surface area contributed by atoms with Crippen molar-refractivity contribution in [2.75, 3.05) is 0 Å². The fraction of sp³-hybridized carbons (Fsp3) is 0.381. The normalized spacial score (nSPS) is 13.5. The van der Waals surface area contributed by atoms with Crippen molar-refractivity contribution in [3.05, 3.63) is 75.8 Å². The van der Waals surface area contributed by atoms with Crippen molar-refractivity contribution in [1.82, 2.24) is 0 Å². The zero-order chi connectivity index (χ0) is 19.3. The van der Waals surface area contributed by atoms with Gasteiger partial charge in [-0.25, -0.2) is 4.79 Å². The van der Waals surface area contributed by atoms with E-state index in [2.05, 4.69) is 26.0 Å². The Labute approximate surface area is 154 Å². The van der Waals surface area contributed by atoms with E-state index in [1.807, 2.05) is 32.0 Å². The van der Waals surface area contributed by atoms with Crippen LogP contribution in [0.25, 0.3) is 0 Å². The molecule has 5 nitrogen and oxygen atoms in total. The number of hydrogen-bond donors (Lipinski definition) is 0. The standard InChI is InChI=1S/C21H25NO4/c1-14(2)19(16-8-6-5-7-9-16)20(15(3)4)26-21(23)17-10-12-18(13-11-17)22(24)25/h5-15,19-20H,1-4H3/t19-,20+/m1/s1. The van der Waals surface area contributed by atoms with Gasteiger partial charge in [-0.1, -0.05) is 58.0 Å². The molecule has 2 atom stereocenters. The summed E-state index contributed by atoms with van der Waals surface area (Å²) in [6.45, 7) is 8.30. The Morgan fingerprint density at radius 3 is 1.96 bits per heavy atom. The van der Waals surface area contributed by atoms with Gasteiger partial charge in [0.1, 0.15) is 6.10 Å². The predicted octanol–water partition coefficient (Wildman–Crippen LogP) is 5.22. The van der Waals surface area contributed by atoms with Crippen LogP contribution in [0, 0.1) is 22.0 Å². The molecule has 0 aliphatic heterocycles. The van der Waals surface area contributed by atoms with Gasteiger partial charge in [-0.2, -0.15) is 0 Å². The molecule has 2 rings (SSSR count). The van der Waals surface area contributed by atoms with Gasteiger partial charge in [-0.3, -0.25) is 10.1 Å². The first-order valence-corrected chi connectivity index (χ1v) is 8.81. The molecule has 0 saturated carbocycles. The molecule has 0 radical (unpaired) electrons. The molecule has 0 heterocycles. The summed E-state index contributed by atoms with van der Waals surface area (Å²) < 4.78 is 5.87. The monoisotopic (exact) mass is 355 g/mol. The van der Waals surface area contributed by atoms with Crippen LogP contribution in [0.1, 0.15) is 49.5 Å². The number of ether oxygens (including phenoxy) is 1. The molecule has 0 spiro atoms. The molecular formula is C21H25NO4. The zero-order valence-electron chi connectivity index (χ0n) is 15.6. The Morgan fingerprint density at radius 2 is 1.50 bits per heavy atom. The minimum atomic E-state index is -0.490. The van der Waals surface area contributed by atoms with E-state index in [1.165, 1.54) is 24.3 Å². The molecule has 2 aromatic carbocycles. The largest absolute Gasteiger partial charge is 0.458 e. The maximum Gasteiger partial charge on any atom is 0.338 e. The van der Waals surface area contributed by atoms with E-state index in [4.69, 9.17) is 4.74 Å². The van der Waals surface area contributed by atoms with Crippen molar-refractivity contribution in [2.24, 2.45) is 11.8 Å². The quantitative estimate of drug-likeness (QED) is 0.388.